The fourth-order valence-electron chi connectivity index (χ4n) is 2.19. The summed E-state index contributed by atoms with van der Waals surface area (Å²) >= 11 is 0. The Labute approximate surface area is 106 Å². The standard InChI is InChI=1S/C12H19N3O3/c1-3-11-13-10(14-18-11)8-15-6-4-9(5-7-15)12(16)17-2/h9H,3-8H2,1-2H3. The Bertz CT molecular complexity index is 397. The molecule has 1 saturated heterocycles. The van der Waals surface area contributed by atoms with Gasteiger partial charge in [0.2, 0.25) is 5.89 Å². The number of methoxy groups -OCH3 is 1. The van der Waals surface area contributed by atoms with Crippen LogP contribution in [0, 0.1) is 5.92 Å². The normalized spacial score (nSPS) is 17.9. The molecule has 0 aliphatic carbocycles. The van der Waals surface area contributed by atoms with Gasteiger partial charge in [-0.2, -0.15) is 4.98 Å². The first-order valence-corrected chi connectivity index (χ1v) is 6.34. The number of ether oxygens (including phenoxy) is 1. The lowest BCUT2D eigenvalue weighted by Crippen LogP contribution is -2.36. The fraction of sp³-hybridized carbons (Fsp3) is 0.750. The Hall–Kier alpha value is -1.43. The van der Waals surface area contributed by atoms with Gasteiger partial charge in [-0.25, -0.2) is 0 Å². The van der Waals surface area contributed by atoms with Gasteiger partial charge < -0.3 is 9.26 Å². The average molecular weight is 253 g/mol. The maximum Gasteiger partial charge on any atom is 0.308 e. The van der Waals surface area contributed by atoms with Gasteiger partial charge in [-0.3, -0.25) is 9.69 Å². The number of aromatic nitrogens is 2. The van der Waals surface area contributed by atoms with Gasteiger partial charge >= 0.3 is 5.97 Å². The number of likely N-dealkylation sites (tertiary alicyclic amines) is 1. The van der Waals surface area contributed by atoms with Gasteiger partial charge in [-0.1, -0.05) is 12.1 Å². The highest BCUT2D eigenvalue weighted by molar-refractivity contribution is 5.72. The molecular formula is C12H19N3O3. The predicted octanol–water partition coefficient (Wildman–Crippen LogP) is 1.02. The van der Waals surface area contributed by atoms with E-state index in [4.69, 9.17) is 9.26 Å². The van der Waals surface area contributed by atoms with Gasteiger partial charge in [0.15, 0.2) is 5.82 Å². The number of nitrogens with zero attached hydrogens (tertiary/aromatic N) is 3. The quantitative estimate of drug-likeness (QED) is 0.746. The monoisotopic (exact) mass is 253 g/mol. The minimum absolute atomic E-state index is 0.0442. The molecule has 2 rings (SSSR count). The Morgan fingerprint density at radius 2 is 2.22 bits per heavy atom. The van der Waals surface area contributed by atoms with Crippen LogP contribution in [0.3, 0.4) is 0 Å². The van der Waals surface area contributed by atoms with Crippen molar-refractivity contribution in [1.29, 1.82) is 0 Å². The van der Waals surface area contributed by atoms with Gasteiger partial charge in [-0.05, 0) is 25.9 Å². The number of aryl methyl sites for hydroxylation is 1. The third-order valence-electron chi connectivity index (χ3n) is 3.30. The lowest BCUT2D eigenvalue weighted by molar-refractivity contribution is -0.147. The zero-order chi connectivity index (χ0) is 13.0. The SMILES string of the molecule is CCc1nc(CN2CCC(C(=O)OC)CC2)no1. The molecular weight excluding hydrogens is 234 g/mol. The molecule has 6 nitrogen and oxygen atoms in total. The number of carbonyl (C=O) groups is 1. The summed E-state index contributed by atoms with van der Waals surface area (Å²) in [5.41, 5.74) is 0. The van der Waals surface area contributed by atoms with Crippen molar-refractivity contribution in [3.63, 3.8) is 0 Å². The van der Waals surface area contributed by atoms with E-state index in [1.54, 1.807) is 0 Å². The highest BCUT2D eigenvalue weighted by atomic mass is 16.5. The van der Waals surface area contributed by atoms with Crippen molar-refractivity contribution in [2.75, 3.05) is 20.2 Å². The van der Waals surface area contributed by atoms with Crippen LogP contribution in [-0.2, 0) is 22.5 Å². The summed E-state index contributed by atoms with van der Waals surface area (Å²) in [5, 5.41) is 3.93. The minimum atomic E-state index is -0.0949. The van der Waals surface area contributed by atoms with Crippen molar-refractivity contribution in [3.8, 4) is 0 Å². The third-order valence-corrected chi connectivity index (χ3v) is 3.30. The second kappa shape index (κ2) is 5.95. The number of hydrogen-bond donors (Lipinski definition) is 0. The van der Waals surface area contributed by atoms with Gasteiger partial charge in [0.1, 0.15) is 0 Å². The minimum Gasteiger partial charge on any atom is -0.469 e. The second-order valence-electron chi connectivity index (χ2n) is 4.53. The summed E-state index contributed by atoms with van der Waals surface area (Å²) in [7, 11) is 1.44. The molecule has 1 aromatic heterocycles. The van der Waals surface area contributed by atoms with Crippen molar-refractivity contribution < 1.29 is 14.1 Å². The van der Waals surface area contributed by atoms with Crippen LogP contribution in [0.25, 0.3) is 0 Å². The number of hydrogen-bond acceptors (Lipinski definition) is 6. The number of rotatable bonds is 4. The fourth-order valence-corrected chi connectivity index (χ4v) is 2.19. The molecule has 1 aromatic rings. The Morgan fingerprint density at radius 1 is 1.50 bits per heavy atom. The molecule has 0 unspecified atom stereocenters. The van der Waals surface area contributed by atoms with E-state index >= 15 is 0 Å². The van der Waals surface area contributed by atoms with Crippen molar-refractivity contribution in [2.24, 2.45) is 5.92 Å². The number of esters is 1. The van der Waals surface area contributed by atoms with E-state index in [9.17, 15) is 4.79 Å². The lowest BCUT2D eigenvalue weighted by atomic mass is 9.97. The largest absolute Gasteiger partial charge is 0.469 e. The predicted molar refractivity (Wildman–Crippen MR) is 63.7 cm³/mol. The van der Waals surface area contributed by atoms with Crippen molar-refractivity contribution >= 4 is 5.97 Å². The molecule has 0 N–H and O–H groups in total. The molecule has 6 heteroatoms. The van der Waals surface area contributed by atoms with Gasteiger partial charge in [0, 0.05) is 6.42 Å². The maximum atomic E-state index is 11.4. The smallest absolute Gasteiger partial charge is 0.308 e. The molecule has 0 amide bonds. The van der Waals surface area contributed by atoms with Crippen LogP contribution in [0.15, 0.2) is 4.52 Å². The van der Waals surface area contributed by atoms with Crippen LogP contribution in [0.2, 0.25) is 0 Å². The van der Waals surface area contributed by atoms with E-state index in [-0.39, 0.29) is 11.9 Å². The first kappa shape index (κ1) is 13.0. The summed E-state index contributed by atoms with van der Waals surface area (Å²) in [4.78, 5) is 17.9. The lowest BCUT2D eigenvalue weighted by Gasteiger charge is -2.29. The molecule has 18 heavy (non-hydrogen) atoms. The first-order chi connectivity index (χ1) is 8.72. The summed E-state index contributed by atoms with van der Waals surface area (Å²) in [6, 6.07) is 0. The molecule has 0 radical (unpaired) electrons. The van der Waals surface area contributed by atoms with Crippen LogP contribution < -0.4 is 0 Å². The van der Waals surface area contributed by atoms with Crippen LogP contribution in [-0.4, -0.2) is 41.2 Å². The van der Waals surface area contributed by atoms with E-state index in [2.05, 4.69) is 15.0 Å². The molecule has 1 fully saturated rings. The zero-order valence-electron chi connectivity index (χ0n) is 10.9. The van der Waals surface area contributed by atoms with E-state index < -0.39 is 0 Å². The van der Waals surface area contributed by atoms with Crippen LogP contribution in [0.1, 0.15) is 31.5 Å². The Morgan fingerprint density at radius 3 is 2.78 bits per heavy atom. The van der Waals surface area contributed by atoms with E-state index in [1.165, 1.54) is 7.11 Å². The Balaban J connectivity index is 1.81. The molecule has 1 aliphatic rings. The molecule has 1 aliphatic heterocycles. The first-order valence-electron chi connectivity index (χ1n) is 6.34. The van der Waals surface area contributed by atoms with Crippen LogP contribution in [0.5, 0.6) is 0 Å². The van der Waals surface area contributed by atoms with Gasteiger partial charge in [-0.15, -0.1) is 0 Å². The van der Waals surface area contributed by atoms with E-state index in [0.717, 1.165) is 38.2 Å². The van der Waals surface area contributed by atoms with Crippen molar-refractivity contribution in [2.45, 2.75) is 32.7 Å². The topological polar surface area (TPSA) is 68.5 Å². The number of piperidine rings is 1. The highest BCUT2D eigenvalue weighted by Gasteiger charge is 2.26. The molecule has 0 saturated carbocycles. The molecule has 0 spiro atoms. The average Bonchev–Trinajstić information content (AvgIpc) is 2.86. The van der Waals surface area contributed by atoms with E-state index in [0.29, 0.717) is 12.4 Å². The summed E-state index contributed by atoms with van der Waals surface area (Å²) in [6.45, 7) is 4.42. The van der Waals surface area contributed by atoms with Crippen molar-refractivity contribution in [1.82, 2.24) is 15.0 Å². The molecule has 2 heterocycles. The Kier molecular flexibility index (Phi) is 4.30. The van der Waals surface area contributed by atoms with Crippen LogP contribution in [0.4, 0.5) is 0 Å². The highest BCUT2D eigenvalue weighted by Crippen LogP contribution is 2.19. The molecule has 0 aromatic carbocycles. The molecule has 0 atom stereocenters. The third kappa shape index (κ3) is 3.07. The van der Waals surface area contributed by atoms with Crippen LogP contribution >= 0.6 is 0 Å². The summed E-state index contributed by atoms with van der Waals surface area (Å²) in [6.07, 6.45) is 2.44. The second-order valence-corrected chi connectivity index (χ2v) is 4.53. The van der Waals surface area contributed by atoms with Gasteiger partial charge in [0.25, 0.3) is 0 Å². The van der Waals surface area contributed by atoms with Gasteiger partial charge in [0.05, 0.1) is 19.6 Å². The zero-order valence-corrected chi connectivity index (χ0v) is 10.9. The molecule has 100 valence electrons. The summed E-state index contributed by atoms with van der Waals surface area (Å²) < 4.78 is 9.83. The number of carbonyl (C=O) groups excluding carboxylic acids is 1. The van der Waals surface area contributed by atoms with Crippen molar-refractivity contribution in [3.05, 3.63) is 11.7 Å². The van der Waals surface area contributed by atoms with E-state index in [1.807, 2.05) is 6.92 Å². The maximum absolute atomic E-state index is 11.4. The summed E-state index contributed by atoms with van der Waals surface area (Å²) in [5.74, 6) is 1.35. The molecule has 0 bridgehead atoms.